The van der Waals surface area contributed by atoms with Crippen LogP contribution >= 0.6 is 0 Å². The third kappa shape index (κ3) is 2.64. The van der Waals surface area contributed by atoms with Crippen molar-refractivity contribution in [3.63, 3.8) is 0 Å². The smallest absolute Gasteiger partial charge is 0.250 e. The van der Waals surface area contributed by atoms with Gasteiger partial charge in [-0.25, -0.2) is 0 Å². The van der Waals surface area contributed by atoms with Crippen molar-refractivity contribution >= 4 is 11.6 Å². The second kappa shape index (κ2) is 5.37. The molecule has 0 aliphatic rings. The highest BCUT2D eigenvalue weighted by Gasteiger charge is 2.10. The van der Waals surface area contributed by atoms with E-state index in [2.05, 4.69) is 5.32 Å². The highest BCUT2D eigenvalue weighted by molar-refractivity contribution is 5.92. The third-order valence-corrected chi connectivity index (χ3v) is 2.15. The number of hydrogen-bond donors (Lipinski definition) is 2. The number of anilines is 1. The summed E-state index contributed by atoms with van der Waals surface area (Å²) in [6.45, 7) is 1.28. The maximum atomic E-state index is 11.1. The molecule has 16 heavy (non-hydrogen) atoms. The van der Waals surface area contributed by atoms with Gasteiger partial charge in [0.2, 0.25) is 5.91 Å². The van der Waals surface area contributed by atoms with Crippen molar-refractivity contribution < 1.29 is 19.4 Å². The average Bonchev–Trinajstić information content (AvgIpc) is 2.30. The summed E-state index contributed by atoms with van der Waals surface area (Å²) < 4.78 is 10.2. The first-order chi connectivity index (χ1) is 7.62. The number of aliphatic hydroxyl groups excluding tert-OH is 1. The second-order valence-electron chi connectivity index (χ2n) is 3.23. The Morgan fingerprint density at radius 1 is 1.31 bits per heavy atom. The summed E-state index contributed by atoms with van der Waals surface area (Å²) in [7, 11) is 3.06. The summed E-state index contributed by atoms with van der Waals surface area (Å²) in [6, 6.07) is 3.41. The van der Waals surface area contributed by atoms with Crippen LogP contribution in [-0.4, -0.2) is 31.8 Å². The van der Waals surface area contributed by atoms with Crippen LogP contribution in [-0.2, 0) is 4.79 Å². The van der Waals surface area contributed by atoms with E-state index in [1.807, 2.05) is 6.92 Å². The molecule has 0 saturated heterocycles. The third-order valence-electron chi connectivity index (χ3n) is 2.15. The second-order valence-corrected chi connectivity index (χ2v) is 3.23. The van der Waals surface area contributed by atoms with Gasteiger partial charge in [-0.15, -0.1) is 0 Å². The van der Waals surface area contributed by atoms with E-state index in [-0.39, 0.29) is 0 Å². The number of nitrogens with one attached hydrogen (secondary N) is 1. The van der Waals surface area contributed by atoms with E-state index >= 15 is 0 Å². The van der Waals surface area contributed by atoms with Crippen molar-refractivity contribution in [1.82, 2.24) is 0 Å². The number of amides is 1. The first-order valence-corrected chi connectivity index (χ1v) is 4.75. The maximum absolute atomic E-state index is 11.1. The number of methoxy groups -OCH3 is 2. The van der Waals surface area contributed by atoms with Crippen molar-refractivity contribution in [3.8, 4) is 11.5 Å². The molecule has 1 amide bonds. The summed E-state index contributed by atoms with van der Waals surface area (Å²) in [5.74, 6) is 0.665. The van der Waals surface area contributed by atoms with Crippen LogP contribution in [0.25, 0.3) is 0 Å². The largest absolute Gasteiger partial charge is 0.493 e. The van der Waals surface area contributed by atoms with E-state index in [1.54, 1.807) is 19.2 Å². The highest BCUT2D eigenvalue weighted by Crippen LogP contribution is 2.32. The molecule has 2 N–H and O–H groups in total. The summed E-state index contributed by atoms with van der Waals surface area (Å²) >= 11 is 0. The number of rotatable bonds is 4. The molecule has 0 radical (unpaired) electrons. The summed E-state index contributed by atoms with van der Waals surface area (Å²) in [6.07, 6.45) is 0. The molecule has 0 aliphatic heterocycles. The zero-order valence-corrected chi connectivity index (χ0v) is 9.53. The first-order valence-electron chi connectivity index (χ1n) is 4.75. The molecule has 0 spiro atoms. The normalized spacial score (nSPS) is 9.75. The van der Waals surface area contributed by atoms with E-state index in [1.165, 1.54) is 7.11 Å². The van der Waals surface area contributed by atoms with Crippen molar-refractivity contribution in [2.75, 3.05) is 26.1 Å². The number of aliphatic hydroxyl groups is 1. The van der Waals surface area contributed by atoms with Crippen LogP contribution in [0, 0.1) is 6.92 Å². The number of carbonyl (C=O) groups excluding carboxylic acids is 1. The highest BCUT2D eigenvalue weighted by atomic mass is 16.5. The minimum atomic E-state index is -0.548. The fourth-order valence-corrected chi connectivity index (χ4v) is 1.31. The van der Waals surface area contributed by atoms with Crippen molar-refractivity contribution in [2.45, 2.75) is 6.92 Å². The molecular formula is C11H15NO4. The Bertz CT molecular complexity index is 390. The van der Waals surface area contributed by atoms with Gasteiger partial charge in [0.15, 0.2) is 11.5 Å². The van der Waals surface area contributed by atoms with Crippen LogP contribution in [0.4, 0.5) is 5.69 Å². The van der Waals surface area contributed by atoms with E-state index in [9.17, 15) is 4.79 Å². The van der Waals surface area contributed by atoms with Crippen molar-refractivity contribution in [1.29, 1.82) is 0 Å². The minimum absolute atomic E-state index is 0.463. The Hall–Kier alpha value is -1.75. The van der Waals surface area contributed by atoms with Crippen LogP contribution in [0.15, 0.2) is 12.1 Å². The molecule has 0 unspecified atom stereocenters. The van der Waals surface area contributed by atoms with Crippen LogP contribution in [0.1, 0.15) is 5.56 Å². The summed E-state index contributed by atoms with van der Waals surface area (Å²) in [4.78, 5) is 11.1. The van der Waals surface area contributed by atoms with Crippen LogP contribution < -0.4 is 14.8 Å². The summed E-state index contributed by atoms with van der Waals surface area (Å²) in [5, 5.41) is 11.2. The molecule has 0 saturated carbocycles. The fourth-order valence-electron chi connectivity index (χ4n) is 1.31. The molecule has 0 aliphatic carbocycles. The monoisotopic (exact) mass is 225 g/mol. The van der Waals surface area contributed by atoms with E-state index in [0.717, 1.165) is 5.56 Å². The Morgan fingerprint density at radius 3 is 2.38 bits per heavy atom. The molecule has 0 bridgehead atoms. The zero-order chi connectivity index (χ0) is 12.1. The zero-order valence-electron chi connectivity index (χ0n) is 9.53. The number of benzene rings is 1. The molecule has 1 aromatic rings. The maximum Gasteiger partial charge on any atom is 0.250 e. The lowest BCUT2D eigenvalue weighted by Gasteiger charge is -2.13. The number of ether oxygens (including phenoxy) is 2. The Kier molecular flexibility index (Phi) is 4.13. The van der Waals surface area contributed by atoms with Gasteiger partial charge in [-0.05, 0) is 18.6 Å². The molecule has 0 heterocycles. The molecular weight excluding hydrogens is 210 g/mol. The molecule has 0 fully saturated rings. The van der Waals surface area contributed by atoms with Gasteiger partial charge in [0.25, 0.3) is 0 Å². The van der Waals surface area contributed by atoms with E-state index in [0.29, 0.717) is 17.2 Å². The quantitative estimate of drug-likeness (QED) is 0.800. The fraction of sp³-hybridized carbons (Fsp3) is 0.364. The average molecular weight is 225 g/mol. The molecule has 1 rings (SSSR count). The van der Waals surface area contributed by atoms with Gasteiger partial charge in [0.1, 0.15) is 6.61 Å². The van der Waals surface area contributed by atoms with E-state index < -0.39 is 12.5 Å². The molecule has 88 valence electrons. The molecule has 0 atom stereocenters. The molecule has 5 heteroatoms. The van der Waals surface area contributed by atoms with Crippen molar-refractivity contribution in [2.24, 2.45) is 0 Å². The number of carbonyl (C=O) groups is 1. The SMILES string of the molecule is COc1cc(C)c(NC(=O)CO)cc1OC. The standard InChI is InChI=1S/C11H15NO4/c1-7-4-9(15-2)10(16-3)5-8(7)12-11(14)6-13/h4-5,13H,6H2,1-3H3,(H,12,14). The van der Waals surface area contributed by atoms with Gasteiger partial charge in [0, 0.05) is 11.8 Å². The van der Waals surface area contributed by atoms with Gasteiger partial charge in [-0.1, -0.05) is 0 Å². The van der Waals surface area contributed by atoms with Crippen LogP contribution in [0.3, 0.4) is 0 Å². The molecule has 1 aromatic carbocycles. The van der Waals surface area contributed by atoms with Crippen LogP contribution in [0.5, 0.6) is 11.5 Å². The number of aryl methyl sites for hydroxylation is 1. The van der Waals surface area contributed by atoms with E-state index in [4.69, 9.17) is 14.6 Å². The minimum Gasteiger partial charge on any atom is -0.493 e. The van der Waals surface area contributed by atoms with Gasteiger partial charge in [-0.2, -0.15) is 0 Å². The van der Waals surface area contributed by atoms with Gasteiger partial charge < -0.3 is 19.9 Å². The topological polar surface area (TPSA) is 67.8 Å². The Labute approximate surface area is 94.0 Å². The lowest BCUT2D eigenvalue weighted by atomic mass is 10.1. The first kappa shape index (κ1) is 12.3. The predicted molar refractivity (Wildman–Crippen MR) is 60.0 cm³/mol. The Morgan fingerprint density at radius 2 is 1.88 bits per heavy atom. The molecule has 5 nitrogen and oxygen atoms in total. The van der Waals surface area contributed by atoms with Crippen LogP contribution in [0.2, 0.25) is 0 Å². The van der Waals surface area contributed by atoms with Gasteiger partial charge in [-0.3, -0.25) is 4.79 Å². The number of hydrogen-bond acceptors (Lipinski definition) is 4. The Balaban J connectivity index is 3.06. The van der Waals surface area contributed by atoms with Gasteiger partial charge >= 0.3 is 0 Å². The molecule has 0 aromatic heterocycles. The van der Waals surface area contributed by atoms with Gasteiger partial charge in [0.05, 0.1) is 14.2 Å². The lowest BCUT2D eigenvalue weighted by Crippen LogP contribution is -2.16. The summed E-state index contributed by atoms with van der Waals surface area (Å²) in [5.41, 5.74) is 1.43. The van der Waals surface area contributed by atoms with Crippen molar-refractivity contribution in [3.05, 3.63) is 17.7 Å². The lowest BCUT2D eigenvalue weighted by molar-refractivity contribution is -0.118. The predicted octanol–water partition coefficient (Wildman–Crippen LogP) is 0.943.